The Morgan fingerprint density at radius 3 is 2.88 bits per heavy atom. The third-order valence-electron chi connectivity index (χ3n) is 2.31. The molecule has 1 heterocycles. The van der Waals surface area contributed by atoms with Crippen LogP contribution in [0.2, 0.25) is 0 Å². The van der Waals surface area contributed by atoms with Crippen molar-refractivity contribution in [3.05, 3.63) is 16.1 Å². The zero-order valence-corrected chi connectivity index (χ0v) is 10.9. The van der Waals surface area contributed by atoms with Gasteiger partial charge in [0.15, 0.2) is 0 Å². The molecular weight excluding hydrogens is 222 g/mol. The van der Waals surface area contributed by atoms with E-state index in [0.29, 0.717) is 13.0 Å². The molecule has 0 saturated heterocycles. The van der Waals surface area contributed by atoms with Gasteiger partial charge < -0.3 is 10.2 Å². The van der Waals surface area contributed by atoms with E-state index < -0.39 is 0 Å². The summed E-state index contributed by atoms with van der Waals surface area (Å²) in [6.45, 7) is 3.50. The lowest BCUT2D eigenvalue weighted by atomic mass is 10.3. The van der Waals surface area contributed by atoms with Gasteiger partial charge in [0.2, 0.25) is 5.91 Å². The molecule has 1 aromatic rings. The Morgan fingerprint density at radius 1 is 1.56 bits per heavy atom. The first-order valence-corrected chi connectivity index (χ1v) is 6.28. The van der Waals surface area contributed by atoms with Crippen LogP contribution in [0.25, 0.3) is 0 Å². The van der Waals surface area contributed by atoms with Crippen LogP contribution in [0.15, 0.2) is 5.51 Å². The Kier molecular flexibility index (Phi) is 5.42. The van der Waals surface area contributed by atoms with Gasteiger partial charge in [0.25, 0.3) is 0 Å². The summed E-state index contributed by atoms with van der Waals surface area (Å²) in [6, 6.07) is 0. The topological polar surface area (TPSA) is 45.2 Å². The van der Waals surface area contributed by atoms with Crippen LogP contribution in [0.5, 0.6) is 0 Å². The fourth-order valence-electron chi connectivity index (χ4n) is 1.30. The molecule has 0 bridgehead atoms. The second kappa shape index (κ2) is 6.60. The second-order valence-corrected chi connectivity index (χ2v) is 4.95. The summed E-state index contributed by atoms with van der Waals surface area (Å²) >= 11 is 1.65. The molecule has 0 radical (unpaired) electrons. The Morgan fingerprint density at radius 2 is 2.31 bits per heavy atom. The highest BCUT2D eigenvalue weighted by Gasteiger charge is 2.04. The summed E-state index contributed by atoms with van der Waals surface area (Å²) in [7, 11) is 3.93. The molecule has 1 N–H and O–H groups in total. The zero-order valence-electron chi connectivity index (χ0n) is 10.1. The third kappa shape index (κ3) is 4.72. The van der Waals surface area contributed by atoms with E-state index in [1.54, 1.807) is 11.3 Å². The van der Waals surface area contributed by atoms with Crippen molar-refractivity contribution in [3.8, 4) is 0 Å². The van der Waals surface area contributed by atoms with Crippen molar-refractivity contribution in [2.45, 2.75) is 19.8 Å². The van der Waals surface area contributed by atoms with E-state index in [0.717, 1.165) is 18.7 Å². The number of carbonyl (C=O) groups excluding carboxylic acids is 1. The number of aromatic nitrogens is 1. The quantitative estimate of drug-likeness (QED) is 0.810. The first-order valence-electron chi connectivity index (χ1n) is 5.40. The number of hydrogen-bond acceptors (Lipinski definition) is 4. The Hall–Kier alpha value is -0.940. The van der Waals surface area contributed by atoms with Gasteiger partial charge in [-0.15, -0.1) is 11.3 Å². The van der Waals surface area contributed by atoms with Crippen molar-refractivity contribution >= 4 is 17.2 Å². The first kappa shape index (κ1) is 13.1. The summed E-state index contributed by atoms with van der Waals surface area (Å²) in [5.41, 5.74) is 2.92. The van der Waals surface area contributed by atoms with Crippen LogP contribution in [0.1, 0.15) is 17.0 Å². The maximum atomic E-state index is 11.4. The van der Waals surface area contributed by atoms with Crippen LogP contribution in [0.3, 0.4) is 0 Å². The molecule has 1 amide bonds. The Balaban J connectivity index is 2.16. The summed E-state index contributed by atoms with van der Waals surface area (Å²) in [5.74, 6) is 0.121. The second-order valence-electron chi connectivity index (χ2n) is 4.01. The number of hydrogen-bond donors (Lipinski definition) is 1. The molecule has 0 atom stereocenters. The highest BCUT2D eigenvalue weighted by atomic mass is 32.1. The molecule has 0 unspecified atom stereocenters. The monoisotopic (exact) mass is 241 g/mol. The van der Waals surface area contributed by atoms with Crippen molar-refractivity contribution in [1.29, 1.82) is 0 Å². The summed E-state index contributed by atoms with van der Waals surface area (Å²) < 4.78 is 0. The van der Waals surface area contributed by atoms with E-state index in [4.69, 9.17) is 0 Å². The van der Waals surface area contributed by atoms with Gasteiger partial charge in [-0.25, -0.2) is 4.98 Å². The number of rotatable bonds is 6. The lowest BCUT2D eigenvalue weighted by molar-refractivity contribution is -0.121. The van der Waals surface area contributed by atoms with Crippen LogP contribution in [-0.4, -0.2) is 43.0 Å². The van der Waals surface area contributed by atoms with Gasteiger partial charge in [0, 0.05) is 30.8 Å². The summed E-state index contributed by atoms with van der Waals surface area (Å²) in [6.07, 6.45) is 1.44. The lowest BCUT2D eigenvalue weighted by Crippen LogP contribution is -2.28. The number of carbonyl (C=O) groups is 1. The van der Waals surface area contributed by atoms with E-state index >= 15 is 0 Å². The molecule has 0 aliphatic heterocycles. The standard InChI is InChI=1S/C11H19N3OS/c1-9-10(16-8-13-9)4-6-12-11(15)5-7-14(2)3/h8H,4-7H2,1-3H3,(H,12,15). The fourth-order valence-corrected chi connectivity index (χ4v) is 2.08. The van der Waals surface area contributed by atoms with Gasteiger partial charge in [-0.3, -0.25) is 4.79 Å². The minimum absolute atomic E-state index is 0.121. The molecule has 0 spiro atoms. The van der Waals surface area contributed by atoms with Gasteiger partial charge in [0.1, 0.15) is 0 Å². The molecular formula is C11H19N3OS. The molecule has 0 aliphatic rings. The minimum atomic E-state index is 0.121. The highest BCUT2D eigenvalue weighted by molar-refractivity contribution is 7.09. The van der Waals surface area contributed by atoms with Crippen LogP contribution < -0.4 is 5.32 Å². The van der Waals surface area contributed by atoms with E-state index in [9.17, 15) is 4.79 Å². The molecule has 0 fully saturated rings. The molecule has 0 aromatic carbocycles. The number of amides is 1. The van der Waals surface area contributed by atoms with Crippen LogP contribution in [-0.2, 0) is 11.2 Å². The molecule has 0 aliphatic carbocycles. The number of aryl methyl sites for hydroxylation is 1. The van der Waals surface area contributed by atoms with E-state index in [1.807, 2.05) is 31.4 Å². The van der Waals surface area contributed by atoms with Gasteiger partial charge in [-0.05, 0) is 21.0 Å². The lowest BCUT2D eigenvalue weighted by Gasteiger charge is -2.09. The maximum absolute atomic E-state index is 11.4. The van der Waals surface area contributed by atoms with Gasteiger partial charge in [-0.2, -0.15) is 0 Å². The van der Waals surface area contributed by atoms with Crippen LogP contribution >= 0.6 is 11.3 Å². The first-order chi connectivity index (χ1) is 7.59. The maximum Gasteiger partial charge on any atom is 0.221 e. The Bertz CT molecular complexity index is 336. The zero-order chi connectivity index (χ0) is 12.0. The van der Waals surface area contributed by atoms with Gasteiger partial charge >= 0.3 is 0 Å². The summed E-state index contributed by atoms with van der Waals surface area (Å²) in [4.78, 5) is 18.8. The van der Waals surface area contributed by atoms with Gasteiger partial charge in [-0.1, -0.05) is 0 Å². The molecule has 5 heteroatoms. The number of nitrogens with one attached hydrogen (secondary N) is 1. The average molecular weight is 241 g/mol. The van der Waals surface area contributed by atoms with E-state index in [1.165, 1.54) is 4.88 Å². The number of thiazole rings is 1. The van der Waals surface area contributed by atoms with Gasteiger partial charge in [0.05, 0.1) is 11.2 Å². The molecule has 16 heavy (non-hydrogen) atoms. The van der Waals surface area contributed by atoms with Crippen molar-refractivity contribution in [2.24, 2.45) is 0 Å². The molecule has 1 rings (SSSR count). The molecule has 1 aromatic heterocycles. The Labute approximate surface area is 101 Å². The molecule has 90 valence electrons. The van der Waals surface area contributed by atoms with E-state index in [-0.39, 0.29) is 5.91 Å². The van der Waals surface area contributed by atoms with Crippen molar-refractivity contribution in [2.75, 3.05) is 27.2 Å². The third-order valence-corrected chi connectivity index (χ3v) is 3.30. The van der Waals surface area contributed by atoms with Crippen molar-refractivity contribution < 1.29 is 4.79 Å². The fraction of sp³-hybridized carbons (Fsp3) is 0.636. The number of nitrogens with zero attached hydrogens (tertiary/aromatic N) is 2. The average Bonchev–Trinajstić information content (AvgIpc) is 2.61. The van der Waals surface area contributed by atoms with Crippen LogP contribution in [0.4, 0.5) is 0 Å². The van der Waals surface area contributed by atoms with Crippen molar-refractivity contribution in [3.63, 3.8) is 0 Å². The minimum Gasteiger partial charge on any atom is -0.356 e. The normalized spacial score (nSPS) is 10.8. The van der Waals surface area contributed by atoms with E-state index in [2.05, 4.69) is 10.3 Å². The largest absolute Gasteiger partial charge is 0.356 e. The molecule has 0 saturated carbocycles. The smallest absolute Gasteiger partial charge is 0.221 e. The van der Waals surface area contributed by atoms with Crippen molar-refractivity contribution in [1.82, 2.24) is 15.2 Å². The highest BCUT2D eigenvalue weighted by Crippen LogP contribution is 2.11. The van der Waals surface area contributed by atoms with Crippen LogP contribution in [0, 0.1) is 6.92 Å². The predicted molar refractivity (Wildman–Crippen MR) is 66.7 cm³/mol. The SMILES string of the molecule is Cc1ncsc1CCNC(=O)CCN(C)C. The molecule has 4 nitrogen and oxygen atoms in total. The summed E-state index contributed by atoms with van der Waals surface area (Å²) in [5, 5.41) is 2.92. The predicted octanol–water partition coefficient (Wildman–Crippen LogP) is 1.06.